The Balaban J connectivity index is 2.32. The minimum absolute atomic E-state index is 0.132. The van der Waals surface area contributed by atoms with E-state index in [-0.39, 0.29) is 10.9 Å². The number of aromatic nitrogens is 1. The fraction of sp³-hybridized carbons (Fsp3) is 0.214. The van der Waals surface area contributed by atoms with Crippen LogP contribution < -0.4 is 9.47 Å². The molecule has 2 rings (SSSR count). The number of pyridine rings is 1. The van der Waals surface area contributed by atoms with Gasteiger partial charge in [0, 0.05) is 6.20 Å². The Morgan fingerprint density at radius 1 is 1.26 bits per heavy atom. The first-order valence-electron chi connectivity index (χ1n) is 5.80. The molecule has 5 heteroatoms. The molecule has 0 amide bonds. The Morgan fingerprint density at radius 2 is 2.05 bits per heavy atom. The normalized spacial score (nSPS) is 10.3. The first-order valence-corrected chi connectivity index (χ1v) is 6.17. The molecule has 0 aliphatic carbocycles. The monoisotopic (exact) mass is 281 g/mol. The molecule has 0 unspecified atom stereocenters. The van der Waals surface area contributed by atoms with E-state index in [4.69, 9.17) is 21.1 Å². The van der Waals surface area contributed by atoms with Crippen molar-refractivity contribution in [2.75, 3.05) is 7.11 Å². The molecule has 0 aliphatic rings. The predicted octanol–water partition coefficient (Wildman–Crippen LogP) is 4.24. The van der Waals surface area contributed by atoms with Gasteiger partial charge >= 0.3 is 0 Å². The number of ether oxygens (including phenoxy) is 2. The number of methoxy groups -OCH3 is 1. The molecule has 0 saturated carbocycles. The summed E-state index contributed by atoms with van der Waals surface area (Å²) in [5, 5.41) is 0.221. The summed E-state index contributed by atoms with van der Waals surface area (Å²) >= 11 is 5.64. The van der Waals surface area contributed by atoms with Gasteiger partial charge in [0.1, 0.15) is 0 Å². The summed E-state index contributed by atoms with van der Waals surface area (Å²) < 4.78 is 24.2. The molecule has 0 saturated heterocycles. The fourth-order valence-electron chi connectivity index (χ4n) is 1.60. The number of rotatable bonds is 4. The average molecular weight is 282 g/mol. The van der Waals surface area contributed by atoms with Crippen LogP contribution in [-0.4, -0.2) is 12.1 Å². The van der Waals surface area contributed by atoms with E-state index >= 15 is 0 Å². The highest BCUT2D eigenvalue weighted by Gasteiger charge is 2.11. The minimum atomic E-state index is -0.617. The molecule has 3 nitrogen and oxygen atoms in total. The van der Waals surface area contributed by atoms with Gasteiger partial charge in [-0.1, -0.05) is 24.6 Å². The molecule has 0 radical (unpaired) electrons. The van der Waals surface area contributed by atoms with Crippen molar-refractivity contribution in [3.63, 3.8) is 0 Å². The summed E-state index contributed by atoms with van der Waals surface area (Å²) in [7, 11) is 1.54. The lowest BCUT2D eigenvalue weighted by Gasteiger charge is -2.11. The largest absolute Gasteiger partial charge is 0.493 e. The number of aryl methyl sites for hydroxylation is 1. The molecule has 0 bridgehead atoms. The van der Waals surface area contributed by atoms with Crippen LogP contribution in [0.25, 0.3) is 0 Å². The van der Waals surface area contributed by atoms with Gasteiger partial charge in [-0.2, -0.15) is 0 Å². The predicted molar refractivity (Wildman–Crippen MR) is 71.7 cm³/mol. The van der Waals surface area contributed by atoms with E-state index in [9.17, 15) is 4.39 Å². The zero-order chi connectivity index (χ0) is 13.8. The van der Waals surface area contributed by atoms with E-state index in [2.05, 4.69) is 4.98 Å². The second-order valence-corrected chi connectivity index (χ2v) is 4.32. The lowest BCUT2D eigenvalue weighted by molar-refractivity contribution is 0.363. The van der Waals surface area contributed by atoms with Crippen LogP contribution in [0.3, 0.4) is 0 Å². The van der Waals surface area contributed by atoms with Crippen LogP contribution in [0, 0.1) is 5.82 Å². The van der Waals surface area contributed by atoms with E-state index in [1.54, 1.807) is 6.07 Å². The molecule has 0 aliphatic heterocycles. The van der Waals surface area contributed by atoms with Crippen LogP contribution in [0.15, 0.2) is 30.5 Å². The van der Waals surface area contributed by atoms with Crippen LogP contribution in [0.4, 0.5) is 4.39 Å². The Labute approximate surface area is 115 Å². The zero-order valence-electron chi connectivity index (χ0n) is 10.6. The third-order valence-electron chi connectivity index (χ3n) is 2.62. The van der Waals surface area contributed by atoms with Crippen molar-refractivity contribution in [1.29, 1.82) is 0 Å². The maximum absolute atomic E-state index is 13.6. The second kappa shape index (κ2) is 5.89. The highest BCUT2D eigenvalue weighted by atomic mass is 35.5. The van der Waals surface area contributed by atoms with Crippen LogP contribution in [-0.2, 0) is 6.42 Å². The van der Waals surface area contributed by atoms with Crippen molar-refractivity contribution < 1.29 is 13.9 Å². The smallest absolute Gasteiger partial charge is 0.256 e. The lowest BCUT2D eigenvalue weighted by atomic mass is 10.1. The standard InChI is InChI=1S/C14H13ClFNO2/c1-3-9-4-5-12(13(6-9)18-2)19-14-11(16)7-10(15)8-17-14/h4-8H,3H2,1-2H3. The number of benzene rings is 1. The van der Waals surface area contributed by atoms with Gasteiger partial charge in [-0.05, 0) is 30.2 Å². The van der Waals surface area contributed by atoms with Gasteiger partial charge < -0.3 is 9.47 Å². The minimum Gasteiger partial charge on any atom is -0.493 e. The van der Waals surface area contributed by atoms with Gasteiger partial charge in [0.15, 0.2) is 17.3 Å². The Kier molecular flexibility index (Phi) is 4.22. The van der Waals surface area contributed by atoms with Crippen molar-refractivity contribution in [1.82, 2.24) is 4.98 Å². The number of hydrogen-bond acceptors (Lipinski definition) is 3. The average Bonchev–Trinajstić information content (AvgIpc) is 2.42. The zero-order valence-corrected chi connectivity index (χ0v) is 11.4. The molecule has 0 atom stereocenters. The molecule has 0 N–H and O–H groups in total. The highest BCUT2D eigenvalue weighted by molar-refractivity contribution is 6.30. The summed E-state index contributed by atoms with van der Waals surface area (Å²) in [5.41, 5.74) is 1.11. The lowest BCUT2D eigenvalue weighted by Crippen LogP contribution is -1.95. The molecule has 100 valence electrons. The topological polar surface area (TPSA) is 31.4 Å². The summed E-state index contributed by atoms with van der Waals surface area (Å²) in [5.74, 6) is 0.199. The van der Waals surface area contributed by atoms with Crippen molar-refractivity contribution in [3.8, 4) is 17.4 Å². The Hall–Kier alpha value is -1.81. The van der Waals surface area contributed by atoms with Crippen molar-refractivity contribution >= 4 is 11.6 Å². The maximum atomic E-state index is 13.6. The van der Waals surface area contributed by atoms with Crippen LogP contribution >= 0.6 is 11.6 Å². The summed E-state index contributed by atoms with van der Waals surface area (Å²) in [4.78, 5) is 3.81. The van der Waals surface area contributed by atoms with E-state index in [1.807, 2.05) is 19.1 Å². The van der Waals surface area contributed by atoms with Crippen LogP contribution in [0.2, 0.25) is 5.02 Å². The molecule has 2 aromatic rings. The van der Waals surface area contributed by atoms with E-state index in [0.29, 0.717) is 11.5 Å². The van der Waals surface area contributed by atoms with E-state index in [1.165, 1.54) is 13.3 Å². The summed E-state index contributed by atoms with van der Waals surface area (Å²) in [6, 6.07) is 6.62. The maximum Gasteiger partial charge on any atom is 0.256 e. The van der Waals surface area contributed by atoms with Gasteiger partial charge in [0.25, 0.3) is 5.88 Å². The number of halogens is 2. The Bertz CT molecular complexity index is 590. The molecule has 1 heterocycles. The second-order valence-electron chi connectivity index (χ2n) is 3.88. The van der Waals surface area contributed by atoms with Crippen molar-refractivity contribution in [2.45, 2.75) is 13.3 Å². The number of hydrogen-bond donors (Lipinski definition) is 0. The Morgan fingerprint density at radius 3 is 2.68 bits per heavy atom. The van der Waals surface area contributed by atoms with Gasteiger partial charge in [0.2, 0.25) is 0 Å². The van der Waals surface area contributed by atoms with Crippen molar-refractivity contribution in [3.05, 3.63) is 46.9 Å². The molecule has 1 aromatic heterocycles. The molecule has 0 spiro atoms. The quantitative estimate of drug-likeness (QED) is 0.840. The first-order chi connectivity index (χ1) is 9.13. The van der Waals surface area contributed by atoms with E-state index < -0.39 is 5.82 Å². The fourth-order valence-corrected chi connectivity index (χ4v) is 1.74. The van der Waals surface area contributed by atoms with Gasteiger partial charge in [0.05, 0.1) is 12.1 Å². The van der Waals surface area contributed by atoms with Gasteiger partial charge in [-0.25, -0.2) is 9.37 Å². The van der Waals surface area contributed by atoms with Gasteiger partial charge in [-0.15, -0.1) is 0 Å². The summed E-state index contributed by atoms with van der Waals surface area (Å²) in [6.07, 6.45) is 2.21. The highest BCUT2D eigenvalue weighted by Crippen LogP contribution is 2.33. The SMILES string of the molecule is CCc1ccc(Oc2ncc(Cl)cc2F)c(OC)c1. The van der Waals surface area contributed by atoms with E-state index in [0.717, 1.165) is 18.1 Å². The van der Waals surface area contributed by atoms with Crippen LogP contribution in [0.1, 0.15) is 12.5 Å². The molecular formula is C14H13ClFNO2. The third kappa shape index (κ3) is 3.15. The summed E-state index contributed by atoms with van der Waals surface area (Å²) in [6.45, 7) is 2.04. The molecular weight excluding hydrogens is 269 g/mol. The molecule has 0 fully saturated rings. The van der Waals surface area contributed by atoms with Crippen LogP contribution in [0.5, 0.6) is 17.4 Å². The van der Waals surface area contributed by atoms with Crippen molar-refractivity contribution in [2.24, 2.45) is 0 Å². The number of nitrogens with zero attached hydrogens (tertiary/aromatic N) is 1. The first kappa shape index (κ1) is 13.6. The molecule has 19 heavy (non-hydrogen) atoms. The third-order valence-corrected chi connectivity index (χ3v) is 2.82. The molecule has 1 aromatic carbocycles. The van der Waals surface area contributed by atoms with Gasteiger partial charge in [-0.3, -0.25) is 0 Å².